The summed E-state index contributed by atoms with van der Waals surface area (Å²) in [6, 6.07) is 4.77. The molecule has 0 radical (unpaired) electrons. The minimum Gasteiger partial charge on any atom is -0.478 e. The molecule has 106 valence electrons. The number of nitrogens with zero attached hydrogens (tertiary/aromatic N) is 4. The molecule has 3 N–H and O–H groups in total. The quantitative estimate of drug-likeness (QED) is 0.735. The van der Waals surface area contributed by atoms with Gasteiger partial charge in [0.1, 0.15) is 11.6 Å². The fraction of sp³-hybridized carbons (Fsp3) is 0.0833. The highest BCUT2D eigenvalue weighted by atomic mass is 35.5. The van der Waals surface area contributed by atoms with E-state index in [9.17, 15) is 9.90 Å². The first-order valence-electron chi connectivity index (χ1n) is 5.67. The van der Waals surface area contributed by atoms with Crippen LogP contribution in [0.1, 0.15) is 21.7 Å². The monoisotopic (exact) mass is 304 g/mol. The van der Waals surface area contributed by atoms with Gasteiger partial charge in [-0.05, 0) is 29.8 Å². The lowest BCUT2D eigenvalue weighted by molar-refractivity contribution is 0.0698. The molecule has 0 aliphatic heterocycles. The SMILES string of the molecule is Cc1c(Cl)ccc(C(=O)O)c1NC=C(C#N)c1nn[nH]n1. The lowest BCUT2D eigenvalue weighted by Crippen LogP contribution is -2.05. The normalized spacial score (nSPS) is 11.0. The summed E-state index contributed by atoms with van der Waals surface area (Å²) >= 11 is 5.98. The summed E-state index contributed by atoms with van der Waals surface area (Å²) in [6.07, 6.45) is 1.30. The zero-order valence-electron chi connectivity index (χ0n) is 10.8. The van der Waals surface area contributed by atoms with Crippen LogP contribution in [0.2, 0.25) is 5.02 Å². The molecule has 1 aromatic heterocycles. The number of anilines is 1. The van der Waals surface area contributed by atoms with Gasteiger partial charge < -0.3 is 10.4 Å². The molecule has 0 spiro atoms. The zero-order valence-corrected chi connectivity index (χ0v) is 11.5. The Morgan fingerprint density at radius 3 is 2.90 bits per heavy atom. The van der Waals surface area contributed by atoms with Crippen molar-refractivity contribution in [2.45, 2.75) is 6.92 Å². The van der Waals surface area contributed by atoms with E-state index in [1.165, 1.54) is 18.3 Å². The maximum atomic E-state index is 11.2. The van der Waals surface area contributed by atoms with Crippen molar-refractivity contribution in [2.75, 3.05) is 5.32 Å². The second kappa shape index (κ2) is 6.02. The molecule has 9 heteroatoms. The van der Waals surface area contributed by atoms with Crippen molar-refractivity contribution in [3.8, 4) is 6.07 Å². The van der Waals surface area contributed by atoms with E-state index < -0.39 is 5.97 Å². The Bertz CT molecular complexity index is 748. The average Bonchev–Trinajstić information content (AvgIpc) is 2.97. The predicted molar refractivity (Wildman–Crippen MR) is 74.5 cm³/mol. The van der Waals surface area contributed by atoms with Gasteiger partial charge >= 0.3 is 5.97 Å². The third-order valence-electron chi connectivity index (χ3n) is 2.70. The topological polar surface area (TPSA) is 128 Å². The summed E-state index contributed by atoms with van der Waals surface area (Å²) in [5.74, 6) is -1.01. The van der Waals surface area contributed by atoms with E-state index in [2.05, 4.69) is 25.9 Å². The molecule has 1 heterocycles. The Kier molecular flexibility index (Phi) is 4.15. The number of rotatable bonds is 4. The number of hydrogen-bond acceptors (Lipinski definition) is 6. The molecular weight excluding hydrogens is 296 g/mol. The predicted octanol–water partition coefficient (Wildman–Crippen LogP) is 1.84. The van der Waals surface area contributed by atoms with E-state index >= 15 is 0 Å². The van der Waals surface area contributed by atoms with Crippen molar-refractivity contribution in [3.05, 3.63) is 40.3 Å². The summed E-state index contributed by atoms with van der Waals surface area (Å²) in [5, 5.41) is 34.4. The molecule has 0 aliphatic carbocycles. The highest BCUT2D eigenvalue weighted by molar-refractivity contribution is 6.32. The van der Waals surface area contributed by atoms with Crippen LogP contribution >= 0.6 is 11.6 Å². The van der Waals surface area contributed by atoms with Crippen LogP contribution in [-0.2, 0) is 0 Å². The van der Waals surface area contributed by atoms with E-state index in [0.29, 0.717) is 16.3 Å². The molecule has 0 unspecified atom stereocenters. The van der Waals surface area contributed by atoms with Crippen LogP contribution in [-0.4, -0.2) is 31.7 Å². The number of allylic oxidation sites excluding steroid dienone is 1. The first-order valence-corrected chi connectivity index (χ1v) is 6.05. The fourth-order valence-corrected chi connectivity index (χ4v) is 1.78. The van der Waals surface area contributed by atoms with Crippen LogP contribution < -0.4 is 5.32 Å². The number of aromatic carboxylic acids is 1. The molecule has 8 nitrogen and oxygen atoms in total. The van der Waals surface area contributed by atoms with Gasteiger partial charge in [-0.1, -0.05) is 11.6 Å². The van der Waals surface area contributed by atoms with Crippen molar-refractivity contribution in [3.63, 3.8) is 0 Å². The van der Waals surface area contributed by atoms with E-state index in [4.69, 9.17) is 16.9 Å². The number of carbonyl (C=O) groups is 1. The van der Waals surface area contributed by atoms with E-state index in [0.717, 1.165) is 0 Å². The highest BCUT2D eigenvalue weighted by Gasteiger charge is 2.14. The Labute approximate surface area is 124 Å². The lowest BCUT2D eigenvalue weighted by Gasteiger charge is -2.11. The highest BCUT2D eigenvalue weighted by Crippen LogP contribution is 2.28. The molecule has 2 aromatic rings. The van der Waals surface area contributed by atoms with Gasteiger partial charge in [-0.25, -0.2) is 4.79 Å². The van der Waals surface area contributed by atoms with E-state index in [1.807, 2.05) is 6.07 Å². The maximum Gasteiger partial charge on any atom is 0.337 e. The Hall–Kier alpha value is -2.92. The maximum absolute atomic E-state index is 11.2. The number of aromatic amines is 1. The largest absolute Gasteiger partial charge is 0.478 e. The Morgan fingerprint density at radius 1 is 1.57 bits per heavy atom. The van der Waals surface area contributed by atoms with Crippen LogP contribution in [0.3, 0.4) is 0 Å². The molecule has 0 saturated carbocycles. The van der Waals surface area contributed by atoms with Gasteiger partial charge in [0.15, 0.2) is 0 Å². The van der Waals surface area contributed by atoms with Gasteiger partial charge in [-0.15, -0.1) is 10.2 Å². The van der Waals surface area contributed by atoms with Crippen LogP contribution in [0.25, 0.3) is 5.57 Å². The second-order valence-corrected chi connectivity index (χ2v) is 4.36. The number of halogens is 1. The molecule has 0 bridgehead atoms. The number of benzene rings is 1. The number of tetrazole rings is 1. The number of H-pyrrole nitrogens is 1. The average molecular weight is 305 g/mol. The smallest absolute Gasteiger partial charge is 0.337 e. The van der Waals surface area contributed by atoms with Crippen LogP contribution in [0.5, 0.6) is 0 Å². The molecular formula is C12H9ClN6O2. The van der Waals surface area contributed by atoms with Crippen LogP contribution in [0.15, 0.2) is 18.3 Å². The Morgan fingerprint density at radius 2 is 2.33 bits per heavy atom. The van der Waals surface area contributed by atoms with Gasteiger partial charge in [0.2, 0.25) is 5.82 Å². The summed E-state index contributed by atoms with van der Waals surface area (Å²) in [7, 11) is 0. The van der Waals surface area contributed by atoms with Crippen molar-refractivity contribution in [1.82, 2.24) is 20.6 Å². The van der Waals surface area contributed by atoms with Crippen LogP contribution in [0.4, 0.5) is 5.69 Å². The van der Waals surface area contributed by atoms with Gasteiger partial charge in [0, 0.05) is 11.2 Å². The number of aromatic nitrogens is 4. The first kappa shape index (κ1) is 14.5. The minimum atomic E-state index is -1.11. The zero-order chi connectivity index (χ0) is 15.4. The molecule has 0 atom stereocenters. The number of nitriles is 1. The standard InChI is InChI=1S/C12H9ClN6O2/c1-6-9(13)3-2-8(12(20)21)10(6)15-5-7(4-14)11-16-18-19-17-11/h2-3,5,15H,1H3,(H,20,21)(H,16,17,18,19). The fourth-order valence-electron chi connectivity index (χ4n) is 1.62. The van der Waals surface area contributed by atoms with E-state index in [-0.39, 0.29) is 17.0 Å². The molecule has 0 fully saturated rings. The number of hydrogen-bond donors (Lipinski definition) is 3. The van der Waals surface area contributed by atoms with Gasteiger partial charge in [-0.3, -0.25) is 0 Å². The summed E-state index contributed by atoms with van der Waals surface area (Å²) < 4.78 is 0. The van der Waals surface area contributed by atoms with E-state index in [1.54, 1.807) is 6.92 Å². The minimum absolute atomic E-state index is 0.0403. The summed E-state index contributed by atoms with van der Waals surface area (Å²) in [6.45, 7) is 1.67. The number of carboxylic acid groups (broad SMARTS) is 1. The third kappa shape index (κ3) is 2.98. The van der Waals surface area contributed by atoms with Gasteiger partial charge in [0.25, 0.3) is 0 Å². The molecule has 21 heavy (non-hydrogen) atoms. The van der Waals surface area contributed by atoms with Gasteiger partial charge in [-0.2, -0.15) is 10.5 Å². The summed E-state index contributed by atoms with van der Waals surface area (Å²) in [4.78, 5) is 11.2. The third-order valence-corrected chi connectivity index (χ3v) is 3.11. The second-order valence-electron chi connectivity index (χ2n) is 3.95. The van der Waals surface area contributed by atoms with Crippen molar-refractivity contribution in [1.29, 1.82) is 5.26 Å². The molecule has 0 amide bonds. The summed E-state index contributed by atoms with van der Waals surface area (Å²) in [5.41, 5.74) is 0.988. The number of carboxylic acids is 1. The van der Waals surface area contributed by atoms with Crippen molar-refractivity contribution >= 4 is 28.8 Å². The van der Waals surface area contributed by atoms with Crippen molar-refractivity contribution in [2.24, 2.45) is 0 Å². The van der Waals surface area contributed by atoms with Crippen LogP contribution in [0, 0.1) is 18.3 Å². The van der Waals surface area contributed by atoms with Crippen molar-refractivity contribution < 1.29 is 9.90 Å². The Balaban J connectivity index is 2.42. The number of nitrogens with one attached hydrogen (secondary N) is 2. The molecule has 0 aliphatic rings. The molecule has 2 rings (SSSR count). The van der Waals surface area contributed by atoms with Gasteiger partial charge in [0.05, 0.1) is 11.3 Å². The first-order chi connectivity index (χ1) is 10.0. The lowest BCUT2D eigenvalue weighted by atomic mass is 10.1. The molecule has 0 saturated heterocycles. The molecule has 1 aromatic carbocycles.